The summed E-state index contributed by atoms with van der Waals surface area (Å²) in [6.07, 6.45) is 2.58. The van der Waals surface area contributed by atoms with Crippen molar-refractivity contribution in [1.29, 1.82) is 0 Å². The van der Waals surface area contributed by atoms with Crippen LogP contribution in [0.4, 0.5) is 4.79 Å². The second-order valence-electron chi connectivity index (χ2n) is 3.14. The summed E-state index contributed by atoms with van der Waals surface area (Å²) in [6.45, 7) is 3.61. The fraction of sp³-hybridized carbons (Fsp3) is 0.875. The van der Waals surface area contributed by atoms with Crippen molar-refractivity contribution in [3.05, 3.63) is 0 Å². The van der Waals surface area contributed by atoms with E-state index in [2.05, 4.69) is 5.32 Å². The van der Waals surface area contributed by atoms with E-state index in [0.717, 1.165) is 19.0 Å². The van der Waals surface area contributed by atoms with E-state index in [-0.39, 0.29) is 6.03 Å². The lowest BCUT2D eigenvalue weighted by Gasteiger charge is -2.14. The molecule has 1 N–H and O–H groups in total. The highest BCUT2D eigenvalue weighted by Crippen LogP contribution is 2.27. The third-order valence-corrected chi connectivity index (χ3v) is 2.06. The highest BCUT2D eigenvalue weighted by molar-refractivity contribution is 5.73. The van der Waals surface area contributed by atoms with Crippen LogP contribution < -0.4 is 5.32 Å². The number of hydrogen-bond acceptors (Lipinski definition) is 1. The zero-order valence-corrected chi connectivity index (χ0v) is 7.26. The molecule has 1 aliphatic rings. The van der Waals surface area contributed by atoms with E-state index < -0.39 is 0 Å². The lowest BCUT2D eigenvalue weighted by atomic mass is 10.4. The zero-order valence-electron chi connectivity index (χ0n) is 7.26. The first kappa shape index (κ1) is 8.37. The van der Waals surface area contributed by atoms with E-state index in [9.17, 15) is 4.79 Å². The highest BCUT2D eigenvalue weighted by atomic mass is 16.2. The molecule has 3 nitrogen and oxygen atoms in total. The van der Waals surface area contributed by atoms with Gasteiger partial charge in [-0.2, -0.15) is 0 Å². The van der Waals surface area contributed by atoms with Crippen LogP contribution in [0.1, 0.15) is 19.8 Å². The minimum atomic E-state index is 0.0550. The van der Waals surface area contributed by atoms with Crippen LogP contribution in [0.25, 0.3) is 0 Å². The molecule has 1 aliphatic carbocycles. The van der Waals surface area contributed by atoms with Crippen molar-refractivity contribution in [3.8, 4) is 0 Å². The van der Waals surface area contributed by atoms with E-state index in [0.29, 0.717) is 0 Å². The van der Waals surface area contributed by atoms with E-state index in [4.69, 9.17) is 0 Å². The van der Waals surface area contributed by atoms with Crippen LogP contribution in [0.5, 0.6) is 0 Å². The van der Waals surface area contributed by atoms with Gasteiger partial charge in [-0.05, 0) is 25.7 Å². The Morgan fingerprint density at radius 2 is 2.27 bits per heavy atom. The van der Waals surface area contributed by atoms with Crippen LogP contribution in [0, 0.1) is 5.92 Å². The fourth-order valence-electron chi connectivity index (χ4n) is 0.832. The van der Waals surface area contributed by atoms with Crippen molar-refractivity contribution in [2.24, 2.45) is 5.92 Å². The molecular formula is C8H16N2O. The largest absolute Gasteiger partial charge is 0.338 e. The first-order valence-electron chi connectivity index (χ1n) is 4.23. The molecule has 1 saturated carbocycles. The Kier molecular flexibility index (Phi) is 2.74. The van der Waals surface area contributed by atoms with E-state index >= 15 is 0 Å². The maximum Gasteiger partial charge on any atom is 0.317 e. The van der Waals surface area contributed by atoms with Crippen LogP contribution in [0.2, 0.25) is 0 Å². The number of carbonyl (C=O) groups excluding carboxylic acids is 1. The number of urea groups is 1. The van der Waals surface area contributed by atoms with Crippen LogP contribution >= 0.6 is 0 Å². The molecule has 64 valence electrons. The molecule has 0 radical (unpaired) electrons. The summed E-state index contributed by atoms with van der Waals surface area (Å²) in [6, 6.07) is 0.0550. The molecule has 0 heterocycles. The maximum absolute atomic E-state index is 11.1. The Bertz CT molecular complexity index is 143. The Hall–Kier alpha value is -0.730. The second-order valence-corrected chi connectivity index (χ2v) is 3.14. The summed E-state index contributed by atoms with van der Waals surface area (Å²) in [4.78, 5) is 12.8. The minimum Gasteiger partial charge on any atom is -0.338 e. The van der Waals surface area contributed by atoms with Gasteiger partial charge in [0, 0.05) is 20.1 Å². The van der Waals surface area contributed by atoms with Crippen LogP contribution in [-0.4, -0.2) is 31.1 Å². The molecule has 0 aromatic rings. The summed E-state index contributed by atoms with van der Waals surface area (Å²) in [5.74, 6) is 0.768. The molecule has 0 aromatic heterocycles. The Balaban J connectivity index is 2.08. The molecule has 0 aliphatic heterocycles. The topological polar surface area (TPSA) is 32.3 Å². The SMILES string of the molecule is CCN(C)C(=O)NCC1CC1. The summed E-state index contributed by atoms with van der Waals surface area (Å²) >= 11 is 0. The van der Waals surface area contributed by atoms with Gasteiger partial charge in [0.1, 0.15) is 0 Å². The molecule has 0 spiro atoms. The normalized spacial score (nSPS) is 16.2. The molecule has 3 heteroatoms. The molecule has 1 rings (SSSR count). The van der Waals surface area contributed by atoms with Crippen molar-refractivity contribution in [2.75, 3.05) is 20.1 Å². The van der Waals surface area contributed by atoms with Gasteiger partial charge >= 0.3 is 6.03 Å². The Labute approximate surface area is 67.8 Å². The van der Waals surface area contributed by atoms with Gasteiger partial charge in [-0.25, -0.2) is 4.79 Å². The standard InChI is InChI=1S/C8H16N2O/c1-3-10(2)8(11)9-6-7-4-5-7/h7H,3-6H2,1-2H3,(H,9,11). The van der Waals surface area contributed by atoms with Gasteiger partial charge in [-0.1, -0.05) is 0 Å². The van der Waals surface area contributed by atoms with Gasteiger partial charge in [0.25, 0.3) is 0 Å². The molecule has 11 heavy (non-hydrogen) atoms. The predicted octanol–water partition coefficient (Wildman–Crippen LogP) is 1.06. The molecular weight excluding hydrogens is 140 g/mol. The molecule has 1 fully saturated rings. The van der Waals surface area contributed by atoms with Crippen LogP contribution in [0.3, 0.4) is 0 Å². The molecule has 0 atom stereocenters. The van der Waals surface area contributed by atoms with E-state index in [1.807, 2.05) is 14.0 Å². The van der Waals surface area contributed by atoms with Crippen molar-refractivity contribution in [1.82, 2.24) is 10.2 Å². The highest BCUT2D eigenvalue weighted by Gasteiger charge is 2.21. The summed E-state index contributed by atoms with van der Waals surface area (Å²) in [5, 5.41) is 2.88. The van der Waals surface area contributed by atoms with Crippen molar-refractivity contribution >= 4 is 6.03 Å². The molecule has 0 aromatic carbocycles. The van der Waals surface area contributed by atoms with Gasteiger partial charge in [0.05, 0.1) is 0 Å². The first-order valence-corrected chi connectivity index (χ1v) is 4.23. The van der Waals surface area contributed by atoms with Crippen molar-refractivity contribution in [2.45, 2.75) is 19.8 Å². The van der Waals surface area contributed by atoms with Gasteiger partial charge in [-0.15, -0.1) is 0 Å². The number of amides is 2. The van der Waals surface area contributed by atoms with Crippen molar-refractivity contribution < 1.29 is 4.79 Å². The number of rotatable bonds is 3. The Morgan fingerprint density at radius 3 is 2.73 bits per heavy atom. The monoisotopic (exact) mass is 156 g/mol. The summed E-state index contributed by atoms with van der Waals surface area (Å²) in [7, 11) is 1.81. The number of nitrogens with zero attached hydrogens (tertiary/aromatic N) is 1. The summed E-state index contributed by atoms with van der Waals surface area (Å²) in [5.41, 5.74) is 0. The maximum atomic E-state index is 11.1. The predicted molar refractivity (Wildman–Crippen MR) is 44.4 cm³/mol. The van der Waals surface area contributed by atoms with Crippen molar-refractivity contribution in [3.63, 3.8) is 0 Å². The minimum absolute atomic E-state index is 0.0550. The van der Waals surface area contributed by atoms with Gasteiger partial charge in [-0.3, -0.25) is 0 Å². The van der Waals surface area contributed by atoms with Gasteiger partial charge in [0.15, 0.2) is 0 Å². The van der Waals surface area contributed by atoms with Crippen LogP contribution in [-0.2, 0) is 0 Å². The van der Waals surface area contributed by atoms with Gasteiger partial charge < -0.3 is 10.2 Å². The first-order chi connectivity index (χ1) is 5.24. The lowest BCUT2D eigenvalue weighted by molar-refractivity contribution is 0.210. The molecule has 0 unspecified atom stereocenters. The van der Waals surface area contributed by atoms with Gasteiger partial charge in [0.2, 0.25) is 0 Å². The third-order valence-electron chi connectivity index (χ3n) is 2.06. The molecule has 0 saturated heterocycles. The zero-order chi connectivity index (χ0) is 8.27. The average Bonchev–Trinajstić information content (AvgIpc) is 2.81. The van der Waals surface area contributed by atoms with E-state index in [1.54, 1.807) is 4.90 Å². The summed E-state index contributed by atoms with van der Waals surface area (Å²) < 4.78 is 0. The Morgan fingerprint density at radius 1 is 1.64 bits per heavy atom. The van der Waals surface area contributed by atoms with Crippen LogP contribution in [0.15, 0.2) is 0 Å². The molecule has 0 bridgehead atoms. The second kappa shape index (κ2) is 3.60. The lowest BCUT2D eigenvalue weighted by Crippen LogP contribution is -2.37. The fourth-order valence-corrected chi connectivity index (χ4v) is 0.832. The quantitative estimate of drug-likeness (QED) is 0.651. The van der Waals surface area contributed by atoms with E-state index in [1.165, 1.54) is 12.8 Å². The average molecular weight is 156 g/mol. The number of carbonyl (C=O) groups is 1. The smallest absolute Gasteiger partial charge is 0.317 e. The number of hydrogen-bond donors (Lipinski definition) is 1. The molecule has 2 amide bonds. The third kappa shape index (κ3) is 2.78. The number of nitrogens with one attached hydrogen (secondary N) is 1.